The van der Waals surface area contributed by atoms with Crippen molar-refractivity contribution in [3.05, 3.63) is 33.1 Å². The van der Waals surface area contributed by atoms with E-state index < -0.39 is 0 Å². The Morgan fingerprint density at radius 3 is 2.95 bits per heavy atom. The van der Waals surface area contributed by atoms with Gasteiger partial charge in [-0.3, -0.25) is 14.9 Å². The maximum atomic E-state index is 12.0. The lowest BCUT2D eigenvalue weighted by Gasteiger charge is -2.31. The molecule has 3 aromatic rings. The number of hydrogen-bond donors (Lipinski definition) is 2. The minimum Gasteiger partial charge on any atom is -0.342 e. The second kappa shape index (κ2) is 4.96. The molecule has 0 radical (unpaired) electrons. The van der Waals surface area contributed by atoms with Gasteiger partial charge in [0.15, 0.2) is 5.65 Å². The minimum atomic E-state index is -0.147. The SMILES string of the molecule is O=c1[nH]c(N2CCC(c3nccs3)CC2)nc2[nH]ncc12. The predicted molar refractivity (Wildman–Crippen MR) is 80.8 cm³/mol. The number of aromatic nitrogens is 5. The first kappa shape index (κ1) is 12.5. The van der Waals surface area contributed by atoms with E-state index in [0.717, 1.165) is 25.9 Å². The van der Waals surface area contributed by atoms with Crippen LogP contribution < -0.4 is 10.5 Å². The van der Waals surface area contributed by atoms with Crippen LogP contribution in [0.2, 0.25) is 0 Å². The van der Waals surface area contributed by atoms with Crippen molar-refractivity contribution in [1.82, 2.24) is 25.1 Å². The third-order valence-electron chi connectivity index (χ3n) is 3.90. The van der Waals surface area contributed by atoms with Crippen molar-refractivity contribution >= 4 is 28.3 Å². The average Bonchev–Trinajstić information content (AvgIpc) is 3.19. The zero-order valence-corrected chi connectivity index (χ0v) is 12.1. The molecular formula is C13H14N6OS. The van der Waals surface area contributed by atoms with Gasteiger partial charge in [-0.1, -0.05) is 0 Å². The molecule has 2 N–H and O–H groups in total. The summed E-state index contributed by atoms with van der Waals surface area (Å²) in [4.78, 5) is 25.8. The molecule has 21 heavy (non-hydrogen) atoms. The minimum absolute atomic E-state index is 0.147. The Hall–Kier alpha value is -2.22. The van der Waals surface area contributed by atoms with Crippen LogP contribution in [0.3, 0.4) is 0 Å². The zero-order chi connectivity index (χ0) is 14.2. The molecule has 8 heteroatoms. The zero-order valence-electron chi connectivity index (χ0n) is 11.2. The standard InChI is InChI=1S/C13H14N6OS/c20-11-9-7-15-18-10(9)16-13(17-11)19-4-1-8(2-5-19)12-14-3-6-21-12/h3,6-8H,1-2,4-5H2,(H2,15,16,17,18,20). The Bertz CT molecular complexity index is 800. The van der Waals surface area contributed by atoms with E-state index in [4.69, 9.17) is 0 Å². The van der Waals surface area contributed by atoms with E-state index >= 15 is 0 Å². The van der Waals surface area contributed by atoms with Crippen LogP contribution in [0.15, 0.2) is 22.6 Å². The number of piperidine rings is 1. The van der Waals surface area contributed by atoms with Crippen LogP contribution in [0, 0.1) is 0 Å². The number of aromatic amines is 2. The summed E-state index contributed by atoms with van der Waals surface area (Å²) in [5.41, 5.74) is 0.390. The number of nitrogens with one attached hydrogen (secondary N) is 2. The van der Waals surface area contributed by atoms with E-state index in [1.165, 1.54) is 11.2 Å². The van der Waals surface area contributed by atoms with Gasteiger partial charge < -0.3 is 4.90 Å². The van der Waals surface area contributed by atoms with Crippen LogP contribution >= 0.6 is 11.3 Å². The van der Waals surface area contributed by atoms with Crippen LogP contribution in [0.5, 0.6) is 0 Å². The van der Waals surface area contributed by atoms with Crippen LogP contribution in [0.1, 0.15) is 23.8 Å². The van der Waals surface area contributed by atoms with E-state index in [1.807, 2.05) is 11.6 Å². The summed E-state index contributed by atoms with van der Waals surface area (Å²) < 4.78 is 0. The molecular weight excluding hydrogens is 288 g/mol. The van der Waals surface area contributed by atoms with Crippen LogP contribution in [0.4, 0.5) is 5.95 Å². The van der Waals surface area contributed by atoms with Crippen molar-refractivity contribution in [2.45, 2.75) is 18.8 Å². The molecule has 0 spiro atoms. The van der Waals surface area contributed by atoms with Crippen molar-refractivity contribution in [1.29, 1.82) is 0 Å². The Morgan fingerprint density at radius 2 is 2.19 bits per heavy atom. The summed E-state index contributed by atoms with van der Waals surface area (Å²) in [5, 5.41) is 10.3. The van der Waals surface area contributed by atoms with Gasteiger partial charge in [0, 0.05) is 30.6 Å². The first-order valence-electron chi connectivity index (χ1n) is 6.89. The van der Waals surface area contributed by atoms with Gasteiger partial charge in [0.1, 0.15) is 5.39 Å². The lowest BCUT2D eigenvalue weighted by molar-refractivity contribution is 0.498. The van der Waals surface area contributed by atoms with Gasteiger partial charge in [-0.05, 0) is 12.8 Å². The highest BCUT2D eigenvalue weighted by Gasteiger charge is 2.24. The fraction of sp³-hybridized carbons (Fsp3) is 0.385. The monoisotopic (exact) mass is 302 g/mol. The molecule has 0 aromatic carbocycles. The molecule has 3 aromatic heterocycles. The number of thiazole rings is 1. The Labute approximate surface area is 124 Å². The largest absolute Gasteiger partial charge is 0.342 e. The molecule has 0 atom stereocenters. The van der Waals surface area contributed by atoms with E-state index in [2.05, 4.69) is 30.0 Å². The number of fused-ring (bicyclic) bond motifs is 1. The summed E-state index contributed by atoms with van der Waals surface area (Å²) in [6.07, 6.45) is 5.41. The molecule has 108 valence electrons. The highest BCUT2D eigenvalue weighted by atomic mass is 32.1. The van der Waals surface area contributed by atoms with Gasteiger partial charge in [-0.15, -0.1) is 11.3 Å². The van der Waals surface area contributed by atoms with E-state index in [-0.39, 0.29) is 5.56 Å². The highest BCUT2D eigenvalue weighted by Crippen LogP contribution is 2.30. The van der Waals surface area contributed by atoms with Crippen molar-refractivity contribution in [3.63, 3.8) is 0 Å². The summed E-state index contributed by atoms with van der Waals surface area (Å²) >= 11 is 1.72. The number of H-pyrrole nitrogens is 2. The third-order valence-corrected chi connectivity index (χ3v) is 4.84. The molecule has 1 aliphatic heterocycles. The smallest absolute Gasteiger partial charge is 0.263 e. The summed E-state index contributed by atoms with van der Waals surface area (Å²) in [5.74, 6) is 1.14. The average molecular weight is 302 g/mol. The van der Waals surface area contributed by atoms with Crippen molar-refractivity contribution in [3.8, 4) is 0 Å². The number of hydrogen-bond acceptors (Lipinski definition) is 6. The van der Waals surface area contributed by atoms with Crippen LogP contribution in [-0.2, 0) is 0 Å². The van der Waals surface area contributed by atoms with Gasteiger partial charge in [-0.2, -0.15) is 10.1 Å². The summed E-state index contributed by atoms with van der Waals surface area (Å²) in [6.45, 7) is 1.74. The molecule has 0 saturated carbocycles. The molecule has 4 heterocycles. The second-order valence-corrected chi connectivity index (χ2v) is 6.08. The van der Waals surface area contributed by atoms with E-state index in [1.54, 1.807) is 11.3 Å². The fourth-order valence-electron chi connectivity index (χ4n) is 2.76. The maximum absolute atomic E-state index is 12.0. The number of anilines is 1. The predicted octanol–water partition coefficient (Wildman–Crippen LogP) is 1.49. The lowest BCUT2D eigenvalue weighted by atomic mass is 9.98. The number of rotatable bonds is 2. The van der Waals surface area contributed by atoms with Crippen molar-refractivity contribution in [2.75, 3.05) is 18.0 Å². The Morgan fingerprint density at radius 1 is 1.33 bits per heavy atom. The van der Waals surface area contributed by atoms with Crippen LogP contribution in [-0.4, -0.2) is 38.2 Å². The molecule has 4 rings (SSSR count). The third kappa shape index (κ3) is 2.21. The maximum Gasteiger partial charge on any atom is 0.263 e. The molecule has 0 aliphatic carbocycles. The molecule has 1 aliphatic rings. The topological polar surface area (TPSA) is 90.6 Å². The van der Waals surface area contributed by atoms with Crippen LogP contribution in [0.25, 0.3) is 11.0 Å². The number of nitrogens with zero attached hydrogens (tertiary/aromatic N) is 4. The van der Waals surface area contributed by atoms with Gasteiger partial charge in [-0.25, -0.2) is 4.98 Å². The van der Waals surface area contributed by atoms with Gasteiger partial charge >= 0.3 is 0 Å². The molecule has 0 bridgehead atoms. The molecule has 0 amide bonds. The Balaban J connectivity index is 1.56. The first-order valence-corrected chi connectivity index (χ1v) is 7.77. The van der Waals surface area contributed by atoms with E-state index in [0.29, 0.717) is 22.9 Å². The summed E-state index contributed by atoms with van der Waals surface area (Å²) in [7, 11) is 0. The quantitative estimate of drug-likeness (QED) is 0.748. The molecule has 1 fully saturated rings. The van der Waals surface area contributed by atoms with E-state index in [9.17, 15) is 4.79 Å². The first-order chi connectivity index (χ1) is 10.3. The van der Waals surface area contributed by atoms with Gasteiger partial charge in [0.25, 0.3) is 5.56 Å². The normalized spacial score (nSPS) is 16.7. The van der Waals surface area contributed by atoms with Crippen molar-refractivity contribution in [2.24, 2.45) is 0 Å². The Kier molecular flexibility index (Phi) is 2.95. The molecule has 1 saturated heterocycles. The summed E-state index contributed by atoms with van der Waals surface area (Å²) in [6, 6.07) is 0. The van der Waals surface area contributed by atoms with Crippen molar-refractivity contribution < 1.29 is 0 Å². The lowest BCUT2D eigenvalue weighted by Crippen LogP contribution is -2.35. The van der Waals surface area contributed by atoms with Gasteiger partial charge in [0.2, 0.25) is 5.95 Å². The second-order valence-electron chi connectivity index (χ2n) is 5.15. The fourth-order valence-corrected chi connectivity index (χ4v) is 3.57. The highest BCUT2D eigenvalue weighted by molar-refractivity contribution is 7.09. The van der Waals surface area contributed by atoms with Gasteiger partial charge in [0.05, 0.1) is 11.2 Å². The molecule has 0 unspecified atom stereocenters. The molecule has 7 nitrogen and oxygen atoms in total.